The van der Waals surface area contributed by atoms with E-state index in [1.165, 1.54) is 38.9 Å². The Morgan fingerprint density at radius 2 is 1.83 bits per heavy atom. The molecule has 2 fully saturated rings. The Morgan fingerprint density at radius 3 is 2.42 bits per heavy atom. The number of piperidine rings is 1. The number of hydrogen-bond acceptors (Lipinski definition) is 2. The molecule has 0 bridgehead atoms. The van der Waals surface area contributed by atoms with Crippen LogP contribution in [0.1, 0.15) is 33.1 Å². The molecule has 2 aliphatic rings. The van der Waals surface area contributed by atoms with E-state index in [1.54, 1.807) is 0 Å². The maximum atomic E-state index is 3.58. The van der Waals surface area contributed by atoms with Crippen molar-refractivity contribution in [2.24, 2.45) is 5.41 Å². The van der Waals surface area contributed by atoms with E-state index >= 15 is 0 Å². The van der Waals surface area contributed by atoms with E-state index in [1.807, 2.05) is 0 Å². The lowest BCUT2D eigenvalue weighted by Gasteiger charge is -2.43. The molecule has 0 aliphatic carbocycles. The lowest BCUT2D eigenvalue weighted by Crippen LogP contribution is -2.51. The Kier molecular flexibility index (Phi) is 1.92. The van der Waals surface area contributed by atoms with Crippen molar-refractivity contribution >= 4 is 0 Å². The summed E-state index contributed by atoms with van der Waals surface area (Å²) in [6, 6.07) is 0. The van der Waals surface area contributed by atoms with Gasteiger partial charge in [0.1, 0.15) is 0 Å². The highest BCUT2D eigenvalue weighted by Crippen LogP contribution is 2.40. The molecular weight excluding hydrogens is 148 g/mol. The van der Waals surface area contributed by atoms with Crippen molar-refractivity contribution in [3.05, 3.63) is 0 Å². The predicted octanol–water partition coefficient (Wildman–Crippen LogP) is 1.13. The van der Waals surface area contributed by atoms with E-state index in [4.69, 9.17) is 0 Å². The monoisotopic (exact) mass is 168 g/mol. The molecule has 0 radical (unpaired) electrons. The van der Waals surface area contributed by atoms with Crippen LogP contribution in [0, 0.1) is 5.41 Å². The van der Waals surface area contributed by atoms with Gasteiger partial charge in [-0.15, -0.1) is 0 Å². The van der Waals surface area contributed by atoms with Crippen LogP contribution in [0.25, 0.3) is 0 Å². The maximum Gasteiger partial charge on any atom is 0.0130 e. The van der Waals surface area contributed by atoms with Gasteiger partial charge in [-0.3, -0.25) is 0 Å². The summed E-state index contributed by atoms with van der Waals surface area (Å²) in [5.41, 5.74) is 0.999. The Hall–Kier alpha value is -0.0800. The third-order valence-electron chi connectivity index (χ3n) is 3.41. The van der Waals surface area contributed by atoms with Crippen LogP contribution < -0.4 is 10.6 Å². The molecule has 1 spiro atoms. The topological polar surface area (TPSA) is 24.1 Å². The van der Waals surface area contributed by atoms with Crippen LogP contribution in [-0.4, -0.2) is 25.2 Å². The first-order valence-corrected chi connectivity index (χ1v) is 5.08. The van der Waals surface area contributed by atoms with Gasteiger partial charge in [0.15, 0.2) is 0 Å². The molecule has 2 saturated heterocycles. The quantitative estimate of drug-likeness (QED) is 0.566. The maximum absolute atomic E-state index is 3.58. The first kappa shape index (κ1) is 8.52. The van der Waals surface area contributed by atoms with E-state index in [0.717, 1.165) is 0 Å². The summed E-state index contributed by atoms with van der Waals surface area (Å²) in [4.78, 5) is 0. The van der Waals surface area contributed by atoms with E-state index in [-0.39, 0.29) is 0 Å². The molecule has 2 heteroatoms. The number of hydrogen-bond donors (Lipinski definition) is 2. The van der Waals surface area contributed by atoms with E-state index in [0.29, 0.717) is 11.0 Å². The second-order valence-electron chi connectivity index (χ2n) is 5.16. The summed E-state index contributed by atoms with van der Waals surface area (Å²) >= 11 is 0. The van der Waals surface area contributed by atoms with Crippen molar-refractivity contribution in [2.75, 3.05) is 19.6 Å². The number of nitrogens with one attached hydrogen (secondary N) is 2. The van der Waals surface area contributed by atoms with Gasteiger partial charge in [-0.25, -0.2) is 0 Å². The van der Waals surface area contributed by atoms with Crippen LogP contribution in [0.5, 0.6) is 0 Å². The highest BCUT2D eigenvalue weighted by atomic mass is 15.0. The average Bonchev–Trinajstić information content (AvgIpc) is 2.34. The summed E-state index contributed by atoms with van der Waals surface area (Å²) in [7, 11) is 0. The molecule has 12 heavy (non-hydrogen) atoms. The first-order valence-electron chi connectivity index (χ1n) is 5.08. The van der Waals surface area contributed by atoms with Gasteiger partial charge in [0.25, 0.3) is 0 Å². The van der Waals surface area contributed by atoms with Crippen molar-refractivity contribution < 1.29 is 0 Å². The Labute approximate surface area is 75.1 Å². The fraction of sp³-hybridized carbons (Fsp3) is 1.00. The SMILES string of the molecule is CC1(C)CC2(CCNC2)CCN1. The lowest BCUT2D eigenvalue weighted by molar-refractivity contribution is 0.139. The summed E-state index contributed by atoms with van der Waals surface area (Å²) in [6.45, 7) is 8.33. The highest BCUT2D eigenvalue weighted by molar-refractivity contribution is 4.98. The molecule has 0 aromatic heterocycles. The molecule has 0 amide bonds. The molecule has 0 aromatic rings. The molecule has 0 aromatic carbocycles. The molecule has 2 rings (SSSR count). The van der Waals surface area contributed by atoms with E-state index < -0.39 is 0 Å². The van der Waals surface area contributed by atoms with Crippen LogP contribution in [0.4, 0.5) is 0 Å². The van der Waals surface area contributed by atoms with Gasteiger partial charge in [0, 0.05) is 12.1 Å². The van der Waals surface area contributed by atoms with Crippen molar-refractivity contribution in [1.29, 1.82) is 0 Å². The standard InChI is InChI=1S/C10H20N2/c1-9(2)7-10(4-6-12-9)3-5-11-8-10/h11-12H,3-8H2,1-2H3. The van der Waals surface area contributed by atoms with Gasteiger partial charge in [0.2, 0.25) is 0 Å². The van der Waals surface area contributed by atoms with Crippen LogP contribution in [-0.2, 0) is 0 Å². The zero-order valence-electron chi connectivity index (χ0n) is 8.24. The molecule has 2 N–H and O–H groups in total. The molecule has 1 unspecified atom stereocenters. The van der Waals surface area contributed by atoms with Crippen molar-refractivity contribution in [3.8, 4) is 0 Å². The Balaban J connectivity index is 2.07. The molecule has 2 heterocycles. The normalized spacial score (nSPS) is 40.5. The molecule has 1 atom stereocenters. The summed E-state index contributed by atoms with van der Waals surface area (Å²) in [5.74, 6) is 0. The minimum atomic E-state index is 0.365. The van der Waals surface area contributed by atoms with E-state index in [9.17, 15) is 0 Å². The first-order chi connectivity index (χ1) is 5.62. The fourth-order valence-electron chi connectivity index (χ4n) is 2.91. The molecule has 2 nitrogen and oxygen atoms in total. The Bertz CT molecular complexity index is 169. The second-order valence-corrected chi connectivity index (χ2v) is 5.16. The third kappa shape index (κ3) is 1.50. The zero-order chi connectivity index (χ0) is 8.66. The van der Waals surface area contributed by atoms with Crippen LogP contribution in [0.2, 0.25) is 0 Å². The summed E-state index contributed by atoms with van der Waals surface area (Å²) in [6.07, 6.45) is 4.09. The summed E-state index contributed by atoms with van der Waals surface area (Å²) < 4.78 is 0. The third-order valence-corrected chi connectivity index (χ3v) is 3.41. The van der Waals surface area contributed by atoms with Gasteiger partial charge in [-0.2, -0.15) is 0 Å². The minimum absolute atomic E-state index is 0.365. The van der Waals surface area contributed by atoms with Crippen molar-refractivity contribution in [3.63, 3.8) is 0 Å². The molecule has 2 aliphatic heterocycles. The second kappa shape index (κ2) is 2.71. The van der Waals surface area contributed by atoms with Gasteiger partial charge >= 0.3 is 0 Å². The van der Waals surface area contributed by atoms with Crippen molar-refractivity contribution in [2.45, 2.75) is 38.6 Å². The number of rotatable bonds is 0. The van der Waals surface area contributed by atoms with Gasteiger partial charge in [-0.1, -0.05) is 0 Å². The van der Waals surface area contributed by atoms with E-state index in [2.05, 4.69) is 24.5 Å². The van der Waals surface area contributed by atoms with Crippen LogP contribution in [0.3, 0.4) is 0 Å². The molecule has 0 saturated carbocycles. The predicted molar refractivity (Wildman–Crippen MR) is 51.2 cm³/mol. The minimum Gasteiger partial charge on any atom is -0.316 e. The lowest BCUT2D eigenvalue weighted by atomic mass is 9.71. The molecular formula is C10H20N2. The highest BCUT2D eigenvalue weighted by Gasteiger charge is 2.41. The van der Waals surface area contributed by atoms with Crippen LogP contribution >= 0.6 is 0 Å². The zero-order valence-corrected chi connectivity index (χ0v) is 8.24. The smallest absolute Gasteiger partial charge is 0.0130 e. The summed E-state index contributed by atoms with van der Waals surface area (Å²) in [5, 5.41) is 7.07. The van der Waals surface area contributed by atoms with Gasteiger partial charge in [0.05, 0.1) is 0 Å². The fourth-order valence-corrected chi connectivity index (χ4v) is 2.91. The molecule has 70 valence electrons. The largest absolute Gasteiger partial charge is 0.316 e. The van der Waals surface area contributed by atoms with Crippen LogP contribution in [0.15, 0.2) is 0 Å². The van der Waals surface area contributed by atoms with Crippen molar-refractivity contribution in [1.82, 2.24) is 10.6 Å². The Morgan fingerprint density at radius 1 is 1.08 bits per heavy atom. The van der Waals surface area contributed by atoms with Gasteiger partial charge < -0.3 is 10.6 Å². The van der Waals surface area contributed by atoms with Gasteiger partial charge in [-0.05, 0) is 51.6 Å². The average molecular weight is 168 g/mol.